The lowest BCUT2D eigenvalue weighted by atomic mass is 10.1. The number of carbonyl (C=O) groups is 2. The number of ether oxygens (including phenoxy) is 1. The summed E-state index contributed by atoms with van der Waals surface area (Å²) in [5.41, 5.74) is 4.99. The molecular formula is C23H18N2O3. The molecule has 1 aliphatic rings. The molecule has 4 rings (SSSR count). The van der Waals surface area contributed by atoms with E-state index in [-0.39, 0.29) is 5.57 Å². The van der Waals surface area contributed by atoms with E-state index < -0.39 is 11.8 Å². The van der Waals surface area contributed by atoms with Gasteiger partial charge in [-0.1, -0.05) is 66.7 Å². The number of rotatable bonds is 5. The van der Waals surface area contributed by atoms with Crippen molar-refractivity contribution in [1.82, 2.24) is 5.43 Å². The van der Waals surface area contributed by atoms with Gasteiger partial charge in [-0.25, -0.2) is 5.01 Å². The van der Waals surface area contributed by atoms with Crippen LogP contribution in [0, 0.1) is 0 Å². The van der Waals surface area contributed by atoms with Crippen molar-refractivity contribution in [2.75, 3.05) is 5.01 Å². The van der Waals surface area contributed by atoms with E-state index in [1.54, 1.807) is 18.2 Å². The third-order valence-electron chi connectivity index (χ3n) is 4.36. The van der Waals surface area contributed by atoms with Gasteiger partial charge in [-0.15, -0.1) is 0 Å². The Hall–Kier alpha value is -3.86. The summed E-state index contributed by atoms with van der Waals surface area (Å²) in [6, 6.07) is 26.1. The topological polar surface area (TPSA) is 58.6 Å². The third kappa shape index (κ3) is 3.64. The SMILES string of the molecule is O=C1NN(c2ccccc2)C(=O)/C1=C\c1ccccc1OCc1ccccc1. The molecule has 2 amide bonds. The minimum Gasteiger partial charge on any atom is -0.488 e. The first kappa shape index (κ1) is 17.5. The summed E-state index contributed by atoms with van der Waals surface area (Å²) in [7, 11) is 0. The van der Waals surface area contributed by atoms with Crippen LogP contribution in [0.1, 0.15) is 11.1 Å². The van der Waals surface area contributed by atoms with Crippen molar-refractivity contribution in [1.29, 1.82) is 0 Å². The van der Waals surface area contributed by atoms with Gasteiger partial charge in [-0.05, 0) is 29.8 Å². The Morgan fingerprint density at radius 1 is 0.821 bits per heavy atom. The number of hydrazine groups is 1. The van der Waals surface area contributed by atoms with Crippen LogP contribution < -0.4 is 15.2 Å². The number of hydrogen-bond acceptors (Lipinski definition) is 3. The zero-order valence-electron chi connectivity index (χ0n) is 15.0. The fourth-order valence-electron chi connectivity index (χ4n) is 2.94. The quantitative estimate of drug-likeness (QED) is 0.550. The molecule has 28 heavy (non-hydrogen) atoms. The molecule has 0 spiro atoms. The number of carbonyl (C=O) groups excluding carboxylic acids is 2. The van der Waals surface area contributed by atoms with Crippen LogP contribution in [0.2, 0.25) is 0 Å². The van der Waals surface area contributed by atoms with E-state index in [0.717, 1.165) is 5.56 Å². The van der Waals surface area contributed by atoms with E-state index in [2.05, 4.69) is 5.43 Å². The van der Waals surface area contributed by atoms with Crippen LogP contribution in [0.3, 0.4) is 0 Å². The Morgan fingerprint density at radius 2 is 1.46 bits per heavy atom. The van der Waals surface area contributed by atoms with Crippen LogP contribution in [0.4, 0.5) is 5.69 Å². The van der Waals surface area contributed by atoms with Crippen molar-refractivity contribution in [2.24, 2.45) is 0 Å². The fraction of sp³-hybridized carbons (Fsp3) is 0.0435. The molecule has 3 aromatic carbocycles. The predicted molar refractivity (Wildman–Crippen MR) is 107 cm³/mol. The standard InChI is InChI=1S/C23H18N2O3/c26-22-20(23(27)25(24-22)19-12-5-2-6-13-19)15-18-11-7-8-14-21(18)28-16-17-9-3-1-4-10-17/h1-15H,16H2,(H,24,26)/b20-15-. The first-order chi connectivity index (χ1) is 13.7. The van der Waals surface area contributed by atoms with Crippen molar-refractivity contribution in [3.05, 3.63) is 102 Å². The maximum atomic E-state index is 12.7. The molecule has 5 heteroatoms. The number of nitrogens with one attached hydrogen (secondary N) is 1. The summed E-state index contributed by atoms with van der Waals surface area (Å²) in [6.07, 6.45) is 1.57. The summed E-state index contributed by atoms with van der Waals surface area (Å²) < 4.78 is 5.91. The smallest absolute Gasteiger partial charge is 0.282 e. The van der Waals surface area contributed by atoms with Crippen LogP contribution in [0.25, 0.3) is 6.08 Å². The van der Waals surface area contributed by atoms with Crippen molar-refractivity contribution < 1.29 is 14.3 Å². The number of anilines is 1. The molecule has 1 aliphatic heterocycles. The van der Waals surface area contributed by atoms with E-state index in [9.17, 15) is 9.59 Å². The van der Waals surface area contributed by atoms with Gasteiger partial charge in [-0.2, -0.15) is 0 Å². The molecule has 3 aromatic rings. The van der Waals surface area contributed by atoms with Gasteiger partial charge in [0.1, 0.15) is 17.9 Å². The summed E-state index contributed by atoms with van der Waals surface area (Å²) in [5.74, 6) is -0.224. The lowest BCUT2D eigenvalue weighted by molar-refractivity contribution is -0.117. The van der Waals surface area contributed by atoms with Crippen LogP contribution in [0.15, 0.2) is 90.5 Å². The minimum atomic E-state index is -0.438. The minimum absolute atomic E-state index is 0.0691. The van der Waals surface area contributed by atoms with Crippen molar-refractivity contribution in [3.8, 4) is 5.75 Å². The Morgan fingerprint density at radius 3 is 2.21 bits per heavy atom. The van der Waals surface area contributed by atoms with Gasteiger partial charge in [0.15, 0.2) is 0 Å². The highest BCUT2D eigenvalue weighted by Gasteiger charge is 2.34. The molecular weight excluding hydrogens is 352 g/mol. The van der Waals surface area contributed by atoms with Gasteiger partial charge < -0.3 is 4.74 Å². The molecule has 1 heterocycles. The molecule has 0 saturated carbocycles. The molecule has 0 unspecified atom stereocenters. The number of nitrogens with zero attached hydrogens (tertiary/aromatic N) is 1. The number of benzene rings is 3. The van der Waals surface area contributed by atoms with Crippen LogP contribution >= 0.6 is 0 Å². The molecule has 1 fully saturated rings. The molecule has 5 nitrogen and oxygen atoms in total. The molecule has 0 aliphatic carbocycles. The zero-order chi connectivity index (χ0) is 19.3. The van der Waals surface area contributed by atoms with E-state index in [1.807, 2.05) is 72.8 Å². The normalized spacial score (nSPS) is 15.0. The van der Waals surface area contributed by atoms with E-state index >= 15 is 0 Å². The highest BCUT2D eigenvalue weighted by Crippen LogP contribution is 2.26. The lowest BCUT2D eigenvalue weighted by Gasteiger charge is -2.14. The van der Waals surface area contributed by atoms with Crippen molar-refractivity contribution in [2.45, 2.75) is 6.61 Å². The molecule has 1 N–H and O–H groups in total. The first-order valence-corrected chi connectivity index (χ1v) is 8.90. The van der Waals surface area contributed by atoms with Gasteiger partial charge in [0.05, 0.1) is 5.69 Å². The van der Waals surface area contributed by atoms with Gasteiger partial charge in [-0.3, -0.25) is 15.0 Å². The van der Waals surface area contributed by atoms with Gasteiger partial charge in [0.25, 0.3) is 11.8 Å². The highest BCUT2D eigenvalue weighted by atomic mass is 16.5. The predicted octanol–water partition coefficient (Wildman–Crippen LogP) is 3.73. The van der Waals surface area contributed by atoms with Crippen LogP contribution in [-0.2, 0) is 16.2 Å². The van der Waals surface area contributed by atoms with E-state index in [0.29, 0.717) is 23.6 Å². The zero-order valence-corrected chi connectivity index (χ0v) is 15.0. The van der Waals surface area contributed by atoms with E-state index in [4.69, 9.17) is 4.74 Å². The number of amides is 2. The van der Waals surface area contributed by atoms with Gasteiger partial charge in [0.2, 0.25) is 0 Å². The van der Waals surface area contributed by atoms with Gasteiger partial charge >= 0.3 is 0 Å². The van der Waals surface area contributed by atoms with E-state index in [1.165, 1.54) is 5.01 Å². The van der Waals surface area contributed by atoms with Crippen LogP contribution in [-0.4, -0.2) is 11.8 Å². The third-order valence-corrected chi connectivity index (χ3v) is 4.36. The van der Waals surface area contributed by atoms with Crippen LogP contribution in [0.5, 0.6) is 5.75 Å². The second kappa shape index (κ2) is 7.80. The second-order valence-corrected chi connectivity index (χ2v) is 6.29. The molecule has 1 saturated heterocycles. The maximum Gasteiger partial charge on any atom is 0.282 e. The molecule has 0 bridgehead atoms. The molecule has 0 radical (unpaired) electrons. The summed E-state index contributed by atoms with van der Waals surface area (Å²) in [5, 5.41) is 1.25. The molecule has 0 atom stereocenters. The summed E-state index contributed by atoms with van der Waals surface area (Å²) in [6.45, 7) is 0.400. The number of hydrogen-bond donors (Lipinski definition) is 1. The summed E-state index contributed by atoms with van der Waals surface area (Å²) >= 11 is 0. The van der Waals surface area contributed by atoms with Crippen molar-refractivity contribution >= 4 is 23.6 Å². The van der Waals surface area contributed by atoms with Gasteiger partial charge in [0, 0.05) is 5.56 Å². The average molecular weight is 370 g/mol. The summed E-state index contributed by atoms with van der Waals surface area (Å²) in [4.78, 5) is 25.1. The monoisotopic (exact) mass is 370 g/mol. The average Bonchev–Trinajstić information content (AvgIpc) is 3.03. The largest absolute Gasteiger partial charge is 0.488 e. The maximum absolute atomic E-state index is 12.7. The number of para-hydroxylation sites is 2. The highest BCUT2D eigenvalue weighted by molar-refractivity contribution is 6.31. The Kier molecular flexibility index (Phi) is 4.89. The fourth-order valence-corrected chi connectivity index (χ4v) is 2.94. The Balaban J connectivity index is 1.59. The van der Waals surface area contributed by atoms with Crippen molar-refractivity contribution in [3.63, 3.8) is 0 Å². The molecule has 138 valence electrons. The lowest BCUT2D eigenvalue weighted by Crippen LogP contribution is -2.35. The first-order valence-electron chi connectivity index (χ1n) is 8.90. The second-order valence-electron chi connectivity index (χ2n) is 6.29. The Labute approximate surface area is 162 Å². The molecule has 0 aromatic heterocycles. The Bertz CT molecular complexity index is 1030.